The average molecular weight is 223 g/mol. The second-order valence-corrected chi connectivity index (χ2v) is 3.46. The Morgan fingerprint density at radius 2 is 2.00 bits per heavy atom. The van der Waals surface area contributed by atoms with Crippen molar-refractivity contribution in [2.24, 2.45) is 0 Å². The van der Waals surface area contributed by atoms with Crippen molar-refractivity contribution in [3.8, 4) is 0 Å². The molecule has 0 aliphatic carbocycles. The van der Waals surface area contributed by atoms with Gasteiger partial charge in [0.15, 0.2) is 0 Å². The highest BCUT2D eigenvalue weighted by molar-refractivity contribution is 5.78. The fourth-order valence-electron chi connectivity index (χ4n) is 1.30. The Morgan fingerprint density at radius 1 is 1.44 bits per heavy atom. The molecular formula is C11H13NO4. The van der Waals surface area contributed by atoms with Gasteiger partial charge < -0.3 is 5.11 Å². The van der Waals surface area contributed by atoms with Gasteiger partial charge in [0.05, 0.1) is 11.0 Å². The van der Waals surface area contributed by atoms with Crippen LogP contribution in [-0.4, -0.2) is 15.8 Å². The number of hydrogen-bond acceptors (Lipinski definition) is 4. The predicted molar refractivity (Wildman–Crippen MR) is 58.0 cm³/mol. The van der Waals surface area contributed by atoms with Gasteiger partial charge >= 0.3 is 0 Å². The van der Waals surface area contributed by atoms with Crippen LogP contribution in [0.2, 0.25) is 0 Å². The molecule has 0 radical (unpaired) electrons. The Labute approximate surface area is 92.9 Å². The van der Waals surface area contributed by atoms with E-state index in [1.807, 2.05) is 0 Å². The van der Waals surface area contributed by atoms with E-state index in [9.17, 15) is 20.0 Å². The Balaban J connectivity index is 2.73. The molecule has 16 heavy (non-hydrogen) atoms. The van der Waals surface area contributed by atoms with Crippen molar-refractivity contribution >= 4 is 11.5 Å². The van der Waals surface area contributed by atoms with Gasteiger partial charge in [0.1, 0.15) is 5.78 Å². The van der Waals surface area contributed by atoms with Gasteiger partial charge in [-0.05, 0) is 17.7 Å². The quantitative estimate of drug-likeness (QED) is 0.611. The number of hydrogen-bond donors (Lipinski definition) is 1. The van der Waals surface area contributed by atoms with E-state index in [0.717, 1.165) is 0 Å². The molecule has 0 heterocycles. The minimum absolute atomic E-state index is 0.0298. The predicted octanol–water partition coefficient (Wildman–Crippen LogP) is 2.00. The third kappa shape index (κ3) is 3.13. The molecular weight excluding hydrogens is 210 g/mol. The number of non-ortho nitro benzene ring substituents is 1. The van der Waals surface area contributed by atoms with Gasteiger partial charge in [-0.15, -0.1) is 0 Å². The van der Waals surface area contributed by atoms with Crippen molar-refractivity contribution in [2.75, 3.05) is 0 Å². The van der Waals surface area contributed by atoms with Crippen LogP contribution in [0.5, 0.6) is 0 Å². The molecule has 0 amide bonds. The van der Waals surface area contributed by atoms with Gasteiger partial charge in [-0.1, -0.05) is 6.92 Å². The molecule has 0 saturated carbocycles. The molecule has 1 rings (SSSR count). The van der Waals surface area contributed by atoms with Crippen LogP contribution in [0.25, 0.3) is 0 Å². The smallest absolute Gasteiger partial charge is 0.269 e. The van der Waals surface area contributed by atoms with Crippen LogP contribution in [0.4, 0.5) is 5.69 Å². The molecule has 5 heteroatoms. The van der Waals surface area contributed by atoms with Crippen LogP contribution >= 0.6 is 0 Å². The van der Waals surface area contributed by atoms with E-state index >= 15 is 0 Å². The molecule has 0 aliphatic rings. The molecule has 5 nitrogen and oxygen atoms in total. The fourth-order valence-corrected chi connectivity index (χ4v) is 1.30. The summed E-state index contributed by atoms with van der Waals surface area (Å²) in [6.45, 7) is 1.73. The van der Waals surface area contributed by atoms with Gasteiger partial charge in [0.2, 0.25) is 0 Å². The van der Waals surface area contributed by atoms with E-state index < -0.39 is 11.0 Å². The van der Waals surface area contributed by atoms with Crippen molar-refractivity contribution in [1.82, 2.24) is 0 Å². The fraction of sp³-hybridized carbons (Fsp3) is 0.364. The van der Waals surface area contributed by atoms with Crippen LogP contribution in [-0.2, 0) is 4.79 Å². The Kier molecular flexibility index (Phi) is 4.13. The standard InChI is InChI=1S/C11H13NO4/c1-2-10(13)7-11(14)8-3-5-9(6-4-8)12(15)16/h3-6,11,14H,2,7H2,1H3/t11-/m1/s1. The number of Topliss-reactive ketones (excluding diaryl/α,β-unsaturated/α-hetero) is 1. The lowest BCUT2D eigenvalue weighted by Crippen LogP contribution is -2.05. The molecule has 1 atom stereocenters. The third-order valence-corrected chi connectivity index (χ3v) is 2.30. The topological polar surface area (TPSA) is 80.4 Å². The van der Waals surface area contributed by atoms with E-state index in [4.69, 9.17) is 0 Å². The summed E-state index contributed by atoms with van der Waals surface area (Å²) < 4.78 is 0. The monoisotopic (exact) mass is 223 g/mol. The summed E-state index contributed by atoms with van der Waals surface area (Å²) in [4.78, 5) is 21.0. The molecule has 0 aliphatic heterocycles. The molecule has 1 aromatic carbocycles. The third-order valence-electron chi connectivity index (χ3n) is 2.30. The summed E-state index contributed by atoms with van der Waals surface area (Å²) in [5.74, 6) is -0.0362. The number of aliphatic hydroxyl groups excluding tert-OH is 1. The van der Waals surface area contributed by atoms with Gasteiger partial charge in [-0.3, -0.25) is 14.9 Å². The number of nitro groups is 1. The highest BCUT2D eigenvalue weighted by Crippen LogP contribution is 2.20. The molecule has 1 aromatic rings. The summed E-state index contributed by atoms with van der Waals surface area (Å²) in [5.41, 5.74) is 0.491. The molecule has 1 N–H and O–H groups in total. The van der Waals surface area contributed by atoms with Gasteiger partial charge in [-0.2, -0.15) is 0 Å². The first-order chi connectivity index (χ1) is 7.54. The zero-order chi connectivity index (χ0) is 12.1. The highest BCUT2D eigenvalue weighted by Gasteiger charge is 2.13. The maximum atomic E-state index is 11.1. The maximum absolute atomic E-state index is 11.1. The molecule has 0 spiro atoms. The van der Waals surface area contributed by atoms with Gasteiger partial charge in [0.25, 0.3) is 5.69 Å². The molecule has 0 saturated heterocycles. The van der Waals surface area contributed by atoms with E-state index in [1.54, 1.807) is 6.92 Å². The van der Waals surface area contributed by atoms with Gasteiger partial charge in [-0.25, -0.2) is 0 Å². The molecule has 0 aromatic heterocycles. The van der Waals surface area contributed by atoms with Crippen molar-refractivity contribution in [1.29, 1.82) is 0 Å². The Morgan fingerprint density at radius 3 is 2.44 bits per heavy atom. The minimum atomic E-state index is -0.881. The zero-order valence-corrected chi connectivity index (χ0v) is 8.92. The average Bonchev–Trinajstić information content (AvgIpc) is 2.28. The van der Waals surface area contributed by atoms with Crippen LogP contribution in [0.3, 0.4) is 0 Å². The number of aliphatic hydroxyl groups is 1. The lowest BCUT2D eigenvalue weighted by atomic mass is 10.0. The first-order valence-electron chi connectivity index (χ1n) is 4.98. The van der Waals surface area contributed by atoms with Crippen LogP contribution < -0.4 is 0 Å². The SMILES string of the molecule is CCC(=O)C[C@@H](O)c1ccc([N+](=O)[O-])cc1. The summed E-state index contributed by atoms with van der Waals surface area (Å²) >= 11 is 0. The first kappa shape index (κ1) is 12.3. The molecule has 0 fully saturated rings. The molecule has 0 unspecified atom stereocenters. The second-order valence-electron chi connectivity index (χ2n) is 3.46. The Bertz CT molecular complexity index is 385. The van der Waals surface area contributed by atoms with Crippen molar-refractivity contribution in [3.05, 3.63) is 39.9 Å². The highest BCUT2D eigenvalue weighted by atomic mass is 16.6. The van der Waals surface area contributed by atoms with Crippen LogP contribution in [0, 0.1) is 10.1 Å². The number of nitrogens with zero attached hydrogens (tertiary/aromatic N) is 1. The zero-order valence-electron chi connectivity index (χ0n) is 8.92. The van der Waals surface area contributed by atoms with E-state index in [0.29, 0.717) is 12.0 Å². The van der Waals surface area contributed by atoms with Crippen LogP contribution in [0.1, 0.15) is 31.4 Å². The molecule has 0 bridgehead atoms. The van der Waals surface area contributed by atoms with Crippen molar-refractivity contribution < 1.29 is 14.8 Å². The normalized spacial score (nSPS) is 12.1. The van der Waals surface area contributed by atoms with E-state index in [1.165, 1.54) is 24.3 Å². The lowest BCUT2D eigenvalue weighted by molar-refractivity contribution is -0.384. The summed E-state index contributed by atoms with van der Waals surface area (Å²) in [5, 5.41) is 20.1. The van der Waals surface area contributed by atoms with E-state index in [-0.39, 0.29) is 17.9 Å². The van der Waals surface area contributed by atoms with Crippen molar-refractivity contribution in [3.63, 3.8) is 0 Å². The van der Waals surface area contributed by atoms with E-state index in [2.05, 4.69) is 0 Å². The summed E-state index contributed by atoms with van der Waals surface area (Å²) in [6.07, 6.45) is -0.452. The number of rotatable bonds is 5. The van der Waals surface area contributed by atoms with Gasteiger partial charge in [0, 0.05) is 25.0 Å². The second kappa shape index (κ2) is 5.37. The first-order valence-corrected chi connectivity index (χ1v) is 4.98. The van der Waals surface area contributed by atoms with Crippen LogP contribution in [0.15, 0.2) is 24.3 Å². The van der Waals surface area contributed by atoms with Crippen molar-refractivity contribution in [2.45, 2.75) is 25.9 Å². The maximum Gasteiger partial charge on any atom is 0.269 e. The molecule has 86 valence electrons. The number of nitro benzene ring substituents is 1. The lowest BCUT2D eigenvalue weighted by Gasteiger charge is -2.08. The number of carbonyl (C=O) groups is 1. The summed E-state index contributed by atoms with van der Waals surface area (Å²) in [6, 6.07) is 5.56. The summed E-state index contributed by atoms with van der Waals surface area (Å²) in [7, 11) is 0. The minimum Gasteiger partial charge on any atom is -0.388 e. The Hall–Kier alpha value is -1.75. The number of ketones is 1. The number of carbonyl (C=O) groups excluding carboxylic acids is 1. The number of benzene rings is 1. The largest absolute Gasteiger partial charge is 0.388 e.